The van der Waals surface area contributed by atoms with E-state index in [4.69, 9.17) is 23.2 Å². The van der Waals surface area contributed by atoms with Crippen molar-refractivity contribution in [3.63, 3.8) is 0 Å². The van der Waals surface area contributed by atoms with Crippen LogP contribution < -0.4 is 5.32 Å². The van der Waals surface area contributed by atoms with Crippen LogP contribution in [0.2, 0.25) is 9.36 Å². The molecule has 1 N–H and O–H groups in total. The molecule has 0 aromatic carbocycles. The Morgan fingerprint density at radius 2 is 2.04 bits per heavy atom. The third-order valence-corrected chi connectivity index (χ3v) is 6.67. The van der Waals surface area contributed by atoms with Crippen molar-refractivity contribution in [3.8, 4) is 0 Å². The maximum atomic E-state index is 6.24. The van der Waals surface area contributed by atoms with Crippen LogP contribution in [-0.2, 0) is 19.6 Å². The van der Waals surface area contributed by atoms with Crippen LogP contribution in [0.15, 0.2) is 5.38 Å². The van der Waals surface area contributed by atoms with Crippen molar-refractivity contribution >= 4 is 34.5 Å². The summed E-state index contributed by atoms with van der Waals surface area (Å²) in [4.78, 5) is 2.45. The highest BCUT2D eigenvalue weighted by Gasteiger charge is 2.27. The third-order valence-electron chi connectivity index (χ3n) is 4.76. The number of rotatable bonds is 3. The van der Waals surface area contributed by atoms with Crippen molar-refractivity contribution in [3.05, 3.63) is 32.0 Å². The lowest BCUT2D eigenvalue weighted by atomic mass is 9.95. The summed E-state index contributed by atoms with van der Waals surface area (Å²) in [5, 5.41) is 14.9. The average molecular weight is 372 g/mol. The van der Waals surface area contributed by atoms with Gasteiger partial charge in [-0.1, -0.05) is 23.2 Å². The molecule has 2 aliphatic rings. The number of halogens is 2. The molecular formula is C15H19Cl2N5S. The number of hydrogen-bond acceptors (Lipinski definition) is 5. The van der Waals surface area contributed by atoms with E-state index < -0.39 is 0 Å². The molecule has 0 saturated carbocycles. The third kappa shape index (κ3) is 3.15. The van der Waals surface area contributed by atoms with Gasteiger partial charge < -0.3 is 9.88 Å². The molecule has 0 unspecified atom stereocenters. The van der Waals surface area contributed by atoms with Gasteiger partial charge >= 0.3 is 0 Å². The predicted octanol–water partition coefficient (Wildman–Crippen LogP) is 3.13. The number of fused-ring (bicyclic) bond motifs is 1. The fourth-order valence-corrected chi connectivity index (χ4v) is 4.71. The quantitative estimate of drug-likeness (QED) is 0.899. The lowest BCUT2D eigenvalue weighted by Crippen LogP contribution is -2.34. The molecule has 5 nitrogen and oxygen atoms in total. The second kappa shape index (κ2) is 6.69. The number of nitrogens with zero attached hydrogens (tertiary/aromatic N) is 4. The van der Waals surface area contributed by atoms with Crippen LogP contribution in [0.1, 0.15) is 36.0 Å². The first-order chi connectivity index (χ1) is 11.2. The smallest absolute Gasteiger partial charge is 0.147 e. The van der Waals surface area contributed by atoms with Gasteiger partial charge in [-0.25, -0.2) is 0 Å². The van der Waals surface area contributed by atoms with E-state index in [9.17, 15) is 0 Å². The van der Waals surface area contributed by atoms with Crippen LogP contribution in [0, 0.1) is 0 Å². The van der Waals surface area contributed by atoms with Crippen LogP contribution >= 0.6 is 34.5 Å². The van der Waals surface area contributed by atoms with E-state index in [0.29, 0.717) is 10.3 Å². The number of nitrogens with one attached hydrogen (secondary N) is 1. The van der Waals surface area contributed by atoms with Gasteiger partial charge in [0.05, 0.1) is 11.6 Å². The van der Waals surface area contributed by atoms with Crippen molar-refractivity contribution in [2.24, 2.45) is 0 Å². The van der Waals surface area contributed by atoms with Crippen LogP contribution in [0.3, 0.4) is 0 Å². The van der Waals surface area contributed by atoms with E-state index in [1.165, 1.54) is 17.2 Å². The van der Waals surface area contributed by atoms with E-state index in [1.54, 1.807) is 0 Å². The first kappa shape index (κ1) is 15.8. The maximum Gasteiger partial charge on any atom is 0.147 e. The van der Waals surface area contributed by atoms with Gasteiger partial charge in [0.25, 0.3) is 0 Å². The van der Waals surface area contributed by atoms with Crippen molar-refractivity contribution in [1.82, 2.24) is 25.0 Å². The van der Waals surface area contributed by atoms with Crippen LogP contribution in [0.5, 0.6) is 0 Å². The molecule has 8 heteroatoms. The molecule has 1 saturated heterocycles. The standard InChI is InChI=1S/C15H19Cl2N5S/c16-13-11(9-23-14(13)17)8-21-4-1-10(2-5-21)15-20-19-12-7-18-3-6-22(12)15/h9-10,18H,1-8H2. The Morgan fingerprint density at radius 1 is 1.22 bits per heavy atom. The van der Waals surface area contributed by atoms with Crippen molar-refractivity contribution in [2.75, 3.05) is 19.6 Å². The Morgan fingerprint density at radius 3 is 2.78 bits per heavy atom. The van der Waals surface area contributed by atoms with Gasteiger partial charge in [-0.2, -0.15) is 0 Å². The molecule has 4 heterocycles. The summed E-state index contributed by atoms with van der Waals surface area (Å²) in [5.41, 5.74) is 1.14. The second-order valence-corrected chi connectivity index (χ2v) is 8.06. The number of hydrogen-bond donors (Lipinski definition) is 1. The number of aromatic nitrogens is 3. The molecule has 2 aromatic rings. The molecule has 0 atom stereocenters. The van der Waals surface area contributed by atoms with E-state index >= 15 is 0 Å². The van der Waals surface area contributed by atoms with Gasteiger partial charge in [0.2, 0.25) is 0 Å². The normalized spacial score (nSPS) is 19.9. The zero-order valence-corrected chi connectivity index (χ0v) is 15.1. The largest absolute Gasteiger partial charge is 0.312 e. The fourth-order valence-electron chi connectivity index (χ4n) is 3.47. The summed E-state index contributed by atoms with van der Waals surface area (Å²) >= 11 is 13.8. The van der Waals surface area contributed by atoms with E-state index in [0.717, 1.165) is 68.5 Å². The highest BCUT2D eigenvalue weighted by atomic mass is 35.5. The number of thiophene rings is 1. The number of piperidine rings is 1. The maximum absolute atomic E-state index is 6.24. The second-order valence-electron chi connectivity index (χ2n) is 6.20. The van der Waals surface area contributed by atoms with Gasteiger partial charge in [-0.3, -0.25) is 4.90 Å². The molecule has 0 radical (unpaired) electrons. The first-order valence-corrected chi connectivity index (χ1v) is 9.62. The van der Waals surface area contributed by atoms with Crippen molar-refractivity contribution < 1.29 is 0 Å². The lowest BCUT2D eigenvalue weighted by molar-refractivity contribution is 0.200. The average Bonchev–Trinajstić information content (AvgIpc) is 3.14. The van der Waals surface area contributed by atoms with E-state index in [1.807, 2.05) is 0 Å². The summed E-state index contributed by atoms with van der Waals surface area (Å²) in [7, 11) is 0. The van der Waals surface area contributed by atoms with Crippen LogP contribution in [0.4, 0.5) is 0 Å². The highest BCUT2D eigenvalue weighted by Crippen LogP contribution is 2.34. The fraction of sp³-hybridized carbons (Fsp3) is 0.600. The van der Waals surface area contributed by atoms with Crippen LogP contribution in [-0.4, -0.2) is 39.3 Å². The minimum atomic E-state index is 0.520. The molecule has 0 spiro atoms. The zero-order chi connectivity index (χ0) is 15.8. The van der Waals surface area contributed by atoms with E-state index in [-0.39, 0.29) is 0 Å². The van der Waals surface area contributed by atoms with Gasteiger partial charge in [-0.05, 0) is 36.9 Å². The first-order valence-electron chi connectivity index (χ1n) is 7.99. The molecule has 4 rings (SSSR count). The molecule has 23 heavy (non-hydrogen) atoms. The molecule has 0 amide bonds. The monoisotopic (exact) mass is 371 g/mol. The van der Waals surface area contributed by atoms with Crippen LogP contribution in [0.25, 0.3) is 0 Å². The Bertz CT molecular complexity index is 690. The van der Waals surface area contributed by atoms with Gasteiger partial charge in [-0.15, -0.1) is 21.5 Å². The Balaban J connectivity index is 1.39. The predicted molar refractivity (Wildman–Crippen MR) is 93.3 cm³/mol. The Hall–Kier alpha value is -0.660. The molecule has 0 aliphatic carbocycles. The molecule has 1 fully saturated rings. The summed E-state index contributed by atoms with van der Waals surface area (Å²) < 4.78 is 3.01. The Labute approximate surface area is 149 Å². The summed E-state index contributed by atoms with van der Waals surface area (Å²) in [5.74, 6) is 2.78. The van der Waals surface area contributed by atoms with Crippen molar-refractivity contribution in [1.29, 1.82) is 0 Å². The van der Waals surface area contributed by atoms with E-state index in [2.05, 4.69) is 30.4 Å². The number of likely N-dealkylation sites (tertiary alicyclic amines) is 1. The molecule has 0 bridgehead atoms. The summed E-state index contributed by atoms with van der Waals surface area (Å²) in [6, 6.07) is 0. The van der Waals surface area contributed by atoms with Gasteiger partial charge in [0.15, 0.2) is 0 Å². The topological polar surface area (TPSA) is 46.0 Å². The SMILES string of the molecule is Clc1scc(CN2CCC(c3nnc4n3CCNC4)CC2)c1Cl. The van der Waals surface area contributed by atoms with Crippen molar-refractivity contribution in [2.45, 2.75) is 38.4 Å². The van der Waals surface area contributed by atoms with Gasteiger partial charge in [0.1, 0.15) is 16.0 Å². The highest BCUT2D eigenvalue weighted by molar-refractivity contribution is 7.15. The lowest BCUT2D eigenvalue weighted by Gasteiger charge is -2.32. The molecule has 124 valence electrons. The summed E-state index contributed by atoms with van der Waals surface area (Å²) in [6.07, 6.45) is 2.25. The molecule has 2 aliphatic heterocycles. The minimum Gasteiger partial charge on any atom is -0.312 e. The zero-order valence-electron chi connectivity index (χ0n) is 12.8. The minimum absolute atomic E-state index is 0.520. The summed E-state index contributed by atoms with van der Waals surface area (Å²) in [6.45, 7) is 5.85. The molecular weight excluding hydrogens is 353 g/mol. The Kier molecular flexibility index (Phi) is 4.61. The van der Waals surface area contributed by atoms with Gasteiger partial charge in [0, 0.05) is 25.6 Å². The molecule has 2 aromatic heterocycles.